The van der Waals surface area contributed by atoms with Gasteiger partial charge in [0.25, 0.3) is 5.91 Å². The molecule has 0 bridgehead atoms. The molecule has 0 spiro atoms. The van der Waals surface area contributed by atoms with E-state index in [9.17, 15) is 4.79 Å². The molecule has 0 unspecified atom stereocenters. The van der Waals surface area contributed by atoms with Crippen LogP contribution >= 0.6 is 15.9 Å². The molecule has 1 amide bonds. The predicted molar refractivity (Wildman–Crippen MR) is 62.9 cm³/mol. The van der Waals surface area contributed by atoms with Crippen LogP contribution in [0.4, 0.5) is 0 Å². The summed E-state index contributed by atoms with van der Waals surface area (Å²) < 4.78 is 0.655. The van der Waals surface area contributed by atoms with Crippen molar-refractivity contribution in [2.24, 2.45) is 5.11 Å². The van der Waals surface area contributed by atoms with Crippen LogP contribution in [0.25, 0.3) is 10.4 Å². The van der Waals surface area contributed by atoms with E-state index in [2.05, 4.69) is 36.3 Å². The van der Waals surface area contributed by atoms with Gasteiger partial charge < -0.3 is 5.32 Å². The Kier molecular flexibility index (Phi) is 5.31. The monoisotopic (exact) mass is 283 g/mol. The first-order valence-electron chi connectivity index (χ1n) is 4.65. The fourth-order valence-electron chi connectivity index (χ4n) is 1.03. The summed E-state index contributed by atoms with van der Waals surface area (Å²) in [6.07, 6.45) is 2.17. The summed E-state index contributed by atoms with van der Waals surface area (Å²) in [6.45, 7) is 0.834. The molecule has 1 heterocycles. The van der Waals surface area contributed by atoms with Crippen molar-refractivity contribution in [3.8, 4) is 0 Å². The molecular formula is C9H10BrN5O. The number of hydrogen-bond donors (Lipinski definition) is 1. The number of hydrogen-bond acceptors (Lipinski definition) is 3. The molecule has 0 saturated heterocycles. The molecule has 0 radical (unpaired) electrons. The molecule has 0 aliphatic heterocycles. The predicted octanol–water partition coefficient (Wildman–Crippen LogP) is 2.27. The highest BCUT2D eigenvalue weighted by Gasteiger charge is 2.09. The molecule has 1 aromatic heterocycles. The Bertz CT molecular complexity index is 416. The maximum absolute atomic E-state index is 11.6. The van der Waals surface area contributed by atoms with Gasteiger partial charge in [0.2, 0.25) is 0 Å². The quantitative estimate of drug-likeness (QED) is 0.389. The minimum Gasteiger partial charge on any atom is -0.351 e. The van der Waals surface area contributed by atoms with Crippen LogP contribution in [0.2, 0.25) is 0 Å². The highest BCUT2D eigenvalue weighted by atomic mass is 79.9. The van der Waals surface area contributed by atoms with Crippen LogP contribution in [-0.4, -0.2) is 24.0 Å². The summed E-state index contributed by atoms with van der Waals surface area (Å²) in [5, 5.41) is 6.05. The van der Waals surface area contributed by atoms with Gasteiger partial charge >= 0.3 is 0 Å². The molecule has 16 heavy (non-hydrogen) atoms. The van der Waals surface area contributed by atoms with Crippen LogP contribution in [-0.2, 0) is 0 Å². The van der Waals surface area contributed by atoms with Gasteiger partial charge in [0.1, 0.15) is 5.69 Å². The smallest absolute Gasteiger partial charge is 0.271 e. The summed E-state index contributed by atoms with van der Waals surface area (Å²) in [6, 6.07) is 3.49. The highest BCUT2D eigenvalue weighted by Crippen LogP contribution is 2.12. The molecule has 0 saturated carbocycles. The Morgan fingerprint density at radius 2 is 2.50 bits per heavy atom. The van der Waals surface area contributed by atoms with Gasteiger partial charge in [-0.05, 0) is 40.0 Å². The average molecular weight is 284 g/mol. The van der Waals surface area contributed by atoms with Gasteiger partial charge in [-0.2, -0.15) is 0 Å². The largest absolute Gasteiger partial charge is 0.351 e. The first-order valence-corrected chi connectivity index (χ1v) is 5.44. The third-order valence-corrected chi connectivity index (χ3v) is 2.40. The van der Waals surface area contributed by atoms with E-state index in [0.717, 1.165) is 0 Å². The maximum atomic E-state index is 11.6. The molecule has 7 heteroatoms. The first kappa shape index (κ1) is 12.5. The van der Waals surface area contributed by atoms with Gasteiger partial charge in [-0.25, -0.2) is 4.98 Å². The van der Waals surface area contributed by atoms with Crippen LogP contribution in [0.1, 0.15) is 16.9 Å². The zero-order valence-corrected chi connectivity index (χ0v) is 10.0. The second kappa shape index (κ2) is 6.81. The molecule has 0 aliphatic carbocycles. The van der Waals surface area contributed by atoms with Crippen molar-refractivity contribution < 1.29 is 4.79 Å². The summed E-state index contributed by atoms with van der Waals surface area (Å²) in [5.74, 6) is -0.242. The van der Waals surface area contributed by atoms with Gasteiger partial charge in [0, 0.05) is 28.7 Å². The number of rotatable bonds is 5. The number of amides is 1. The van der Waals surface area contributed by atoms with E-state index < -0.39 is 0 Å². The number of nitrogens with zero attached hydrogens (tertiary/aromatic N) is 4. The lowest BCUT2D eigenvalue weighted by Crippen LogP contribution is -2.26. The van der Waals surface area contributed by atoms with Gasteiger partial charge in [-0.15, -0.1) is 0 Å². The Labute approximate surface area is 101 Å². The molecule has 84 valence electrons. The van der Waals surface area contributed by atoms with E-state index in [0.29, 0.717) is 29.7 Å². The number of carbonyl (C=O) groups is 1. The first-order chi connectivity index (χ1) is 7.75. The van der Waals surface area contributed by atoms with Gasteiger partial charge in [-0.3, -0.25) is 4.79 Å². The molecule has 0 fully saturated rings. The summed E-state index contributed by atoms with van der Waals surface area (Å²) in [5.41, 5.74) is 8.40. The van der Waals surface area contributed by atoms with Crippen molar-refractivity contribution in [2.75, 3.05) is 13.1 Å². The molecule has 6 nitrogen and oxygen atoms in total. The van der Waals surface area contributed by atoms with Crippen LogP contribution < -0.4 is 5.32 Å². The van der Waals surface area contributed by atoms with Gasteiger partial charge in [-0.1, -0.05) is 5.11 Å². The Hall–Kier alpha value is -1.59. The van der Waals surface area contributed by atoms with Crippen molar-refractivity contribution in [3.63, 3.8) is 0 Å². The lowest BCUT2D eigenvalue weighted by Gasteiger charge is -2.04. The van der Waals surface area contributed by atoms with E-state index in [1.807, 2.05) is 0 Å². The SMILES string of the molecule is [N-]=[N+]=NCCCNC(=O)c1ncccc1Br. The molecular weight excluding hydrogens is 274 g/mol. The van der Waals surface area contributed by atoms with E-state index >= 15 is 0 Å². The van der Waals surface area contributed by atoms with Crippen LogP contribution in [0.15, 0.2) is 27.9 Å². The van der Waals surface area contributed by atoms with Gasteiger partial charge in [0.15, 0.2) is 0 Å². The fraction of sp³-hybridized carbons (Fsp3) is 0.333. The number of carbonyl (C=O) groups excluding carboxylic acids is 1. The van der Waals surface area contributed by atoms with Crippen molar-refractivity contribution in [2.45, 2.75) is 6.42 Å². The second-order valence-electron chi connectivity index (χ2n) is 2.90. The van der Waals surface area contributed by atoms with Gasteiger partial charge in [0.05, 0.1) is 0 Å². The number of halogens is 1. The number of nitrogens with one attached hydrogen (secondary N) is 1. The van der Waals surface area contributed by atoms with Crippen molar-refractivity contribution in [3.05, 3.63) is 38.9 Å². The van der Waals surface area contributed by atoms with Crippen molar-refractivity contribution >= 4 is 21.8 Å². The second-order valence-corrected chi connectivity index (χ2v) is 3.75. The summed E-state index contributed by atoms with van der Waals surface area (Å²) in [4.78, 5) is 18.2. The molecule has 0 aliphatic rings. The van der Waals surface area contributed by atoms with Crippen LogP contribution in [0.3, 0.4) is 0 Å². The third-order valence-electron chi connectivity index (χ3n) is 1.76. The molecule has 1 N–H and O–H groups in total. The van der Waals surface area contributed by atoms with Crippen LogP contribution in [0.5, 0.6) is 0 Å². The number of aromatic nitrogens is 1. The van der Waals surface area contributed by atoms with E-state index in [1.165, 1.54) is 0 Å². The van der Waals surface area contributed by atoms with E-state index in [-0.39, 0.29) is 5.91 Å². The minimum absolute atomic E-state index is 0.242. The Morgan fingerprint density at radius 1 is 1.69 bits per heavy atom. The zero-order chi connectivity index (χ0) is 11.8. The Balaban J connectivity index is 2.41. The topological polar surface area (TPSA) is 90.8 Å². The molecule has 0 aromatic carbocycles. The molecule has 1 rings (SSSR count). The van der Waals surface area contributed by atoms with E-state index in [1.54, 1.807) is 18.3 Å². The molecule has 0 atom stereocenters. The highest BCUT2D eigenvalue weighted by molar-refractivity contribution is 9.10. The molecule has 1 aromatic rings. The zero-order valence-electron chi connectivity index (χ0n) is 8.43. The lowest BCUT2D eigenvalue weighted by molar-refractivity contribution is 0.0947. The minimum atomic E-state index is -0.242. The van der Waals surface area contributed by atoms with Crippen molar-refractivity contribution in [1.82, 2.24) is 10.3 Å². The summed E-state index contributed by atoms with van der Waals surface area (Å²) in [7, 11) is 0. The Morgan fingerprint density at radius 3 is 3.19 bits per heavy atom. The normalized spacial score (nSPS) is 9.31. The number of azide groups is 1. The summed E-state index contributed by atoms with van der Waals surface area (Å²) >= 11 is 3.24. The van der Waals surface area contributed by atoms with E-state index in [4.69, 9.17) is 5.53 Å². The lowest BCUT2D eigenvalue weighted by atomic mass is 10.3. The van der Waals surface area contributed by atoms with Crippen molar-refractivity contribution in [1.29, 1.82) is 0 Å². The number of pyridine rings is 1. The van der Waals surface area contributed by atoms with Crippen LogP contribution in [0, 0.1) is 0 Å². The maximum Gasteiger partial charge on any atom is 0.271 e. The fourth-order valence-corrected chi connectivity index (χ4v) is 1.47. The average Bonchev–Trinajstić information content (AvgIpc) is 2.29. The third kappa shape index (κ3) is 3.88. The standard InChI is InChI=1S/C9H10BrN5O/c10-7-3-1-4-12-8(7)9(16)13-5-2-6-14-15-11/h1,3-4H,2,5-6H2,(H,13,16).